The Kier molecular flexibility index (Phi) is 5.42. The number of methoxy groups -OCH3 is 3. The van der Waals surface area contributed by atoms with Gasteiger partial charge in [0.25, 0.3) is 0 Å². The van der Waals surface area contributed by atoms with Gasteiger partial charge in [-0.2, -0.15) is 0 Å². The van der Waals surface area contributed by atoms with Gasteiger partial charge < -0.3 is 23.7 Å². The molecule has 0 saturated heterocycles. The van der Waals surface area contributed by atoms with Crippen molar-refractivity contribution in [2.45, 2.75) is 6.54 Å². The lowest BCUT2D eigenvalue weighted by atomic mass is 10.0. The summed E-state index contributed by atoms with van der Waals surface area (Å²) in [6.07, 6.45) is 1.69. The molecule has 2 aromatic rings. The maximum atomic E-state index is 12.9. The first-order chi connectivity index (χ1) is 14.1. The number of rotatable bonds is 6. The van der Waals surface area contributed by atoms with Crippen LogP contribution in [0.5, 0.6) is 23.0 Å². The number of hydrogen-bond donors (Lipinski definition) is 0. The summed E-state index contributed by atoms with van der Waals surface area (Å²) >= 11 is 0. The van der Waals surface area contributed by atoms with E-state index in [0.717, 1.165) is 23.4 Å². The summed E-state index contributed by atoms with van der Waals surface area (Å²) in [7, 11) is 4.84. The van der Waals surface area contributed by atoms with E-state index in [1.54, 1.807) is 39.5 Å². The van der Waals surface area contributed by atoms with Crippen LogP contribution in [0.4, 0.5) is 0 Å². The lowest BCUT2D eigenvalue weighted by Crippen LogP contribution is -2.34. The van der Waals surface area contributed by atoms with E-state index in [0.29, 0.717) is 42.7 Å². The highest BCUT2D eigenvalue weighted by molar-refractivity contribution is 6.15. The second kappa shape index (κ2) is 8.14. The van der Waals surface area contributed by atoms with Gasteiger partial charge in [0.15, 0.2) is 5.76 Å². The highest BCUT2D eigenvalue weighted by atomic mass is 16.5. The van der Waals surface area contributed by atoms with Crippen LogP contribution in [0.15, 0.2) is 36.1 Å². The van der Waals surface area contributed by atoms with Crippen LogP contribution in [-0.2, 0) is 11.3 Å². The van der Waals surface area contributed by atoms with E-state index in [2.05, 4.69) is 4.90 Å². The smallest absolute Gasteiger partial charge is 0.231 e. The van der Waals surface area contributed by atoms with E-state index in [9.17, 15) is 4.79 Å². The van der Waals surface area contributed by atoms with Crippen LogP contribution in [-0.4, -0.2) is 51.9 Å². The Morgan fingerprint density at radius 3 is 2.76 bits per heavy atom. The molecule has 0 spiro atoms. The van der Waals surface area contributed by atoms with Gasteiger partial charge in [-0.15, -0.1) is 0 Å². The molecule has 7 nitrogen and oxygen atoms in total. The summed E-state index contributed by atoms with van der Waals surface area (Å²) in [5.74, 6) is 2.68. The fraction of sp³-hybridized carbons (Fsp3) is 0.318. The van der Waals surface area contributed by atoms with Crippen molar-refractivity contribution in [3.8, 4) is 23.0 Å². The van der Waals surface area contributed by atoms with Gasteiger partial charge in [0, 0.05) is 31.8 Å². The molecule has 2 aliphatic rings. The van der Waals surface area contributed by atoms with Crippen LogP contribution in [0.2, 0.25) is 0 Å². The summed E-state index contributed by atoms with van der Waals surface area (Å²) in [6, 6.07) is 9.00. The van der Waals surface area contributed by atoms with Gasteiger partial charge in [-0.3, -0.25) is 9.69 Å². The summed E-state index contributed by atoms with van der Waals surface area (Å²) in [6.45, 7) is 2.46. The van der Waals surface area contributed by atoms with E-state index >= 15 is 0 Å². The molecule has 0 fully saturated rings. The largest absolute Gasteiger partial charge is 0.497 e. The molecular formula is C22H23NO6. The molecule has 0 N–H and O–H groups in total. The van der Waals surface area contributed by atoms with Crippen molar-refractivity contribution in [3.63, 3.8) is 0 Å². The van der Waals surface area contributed by atoms with Crippen molar-refractivity contribution in [1.29, 1.82) is 0 Å². The Labute approximate surface area is 169 Å². The summed E-state index contributed by atoms with van der Waals surface area (Å²) in [4.78, 5) is 15.0. The van der Waals surface area contributed by atoms with Crippen LogP contribution in [0.3, 0.4) is 0 Å². The van der Waals surface area contributed by atoms with Gasteiger partial charge >= 0.3 is 0 Å². The zero-order valence-corrected chi connectivity index (χ0v) is 16.7. The van der Waals surface area contributed by atoms with E-state index in [1.807, 2.05) is 18.2 Å². The number of carbonyl (C=O) groups excluding carboxylic acids is 1. The van der Waals surface area contributed by atoms with Crippen LogP contribution in [0.25, 0.3) is 6.08 Å². The average Bonchev–Trinajstić information content (AvgIpc) is 3.08. The van der Waals surface area contributed by atoms with E-state index in [4.69, 9.17) is 23.7 Å². The Balaban J connectivity index is 1.65. The molecule has 0 bridgehead atoms. The van der Waals surface area contributed by atoms with E-state index in [1.165, 1.54) is 0 Å². The third-order valence-corrected chi connectivity index (χ3v) is 5.02. The predicted molar refractivity (Wildman–Crippen MR) is 107 cm³/mol. The Morgan fingerprint density at radius 1 is 1.14 bits per heavy atom. The molecule has 0 amide bonds. The van der Waals surface area contributed by atoms with Gasteiger partial charge in [-0.1, -0.05) is 0 Å². The second-order valence-corrected chi connectivity index (χ2v) is 6.79. The molecule has 7 heteroatoms. The molecule has 2 heterocycles. The molecule has 0 unspecified atom stereocenters. The summed E-state index contributed by atoms with van der Waals surface area (Å²) in [5, 5.41) is 0. The summed E-state index contributed by atoms with van der Waals surface area (Å²) in [5.41, 5.74) is 2.15. The van der Waals surface area contributed by atoms with Crippen molar-refractivity contribution in [1.82, 2.24) is 4.90 Å². The number of benzene rings is 2. The Hall–Kier alpha value is -3.03. The molecule has 2 aromatic carbocycles. The first-order valence-corrected chi connectivity index (χ1v) is 9.31. The second-order valence-electron chi connectivity index (χ2n) is 6.79. The standard InChI is InChI=1S/C22H23NO6/c1-25-9-8-23-12-17-18(28-13-23)7-6-16-21(24)20(29-22(16)17)10-14-4-5-15(26-2)11-19(14)27-3/h4-7,10-11H,8-9,12-13H2,1-3H3/b20-10-. The van der Waals surface area contributed by atoms with E-state index < -0.39 is 0 Å². The number of ether oxygens (including phenoxy) is 5. The van der Waals surface area contributed by atoms with Crippen LogP contribution >= 0.6 is 0 Å². The van der Waals surface area contributed by atoms with Crippen molar-refractivity contribution >= 4 is 11.9 Å². The van der Waals surface area contributed by atoms with Crippen molar-refractivity contribution in [2.75, 3.05) is 41.2 Å². The number of Topliss-reactive ketones (excluding diaryl/α,β-unsaturated/α-hetero) is 1. The third kappa shape index (κ3) is 3.66. The van der Waals surface area contributed by atoms with E-state index in [-0.39, 0.29) is 11.5 Å². The number of carbonyl (C=O) groups is 1. The SMILES string of the molecule is COCCN1COc2ccc3c(c2C1)O/C(=C\c1ccc(OC)cc1OC)C3=O. The number of allylic oxidation sites excluding steroid dienone is 1. The Morgan fingerprint density at radius 2 is 2.00 bits per heavy atom. The van der Waals surface area contributed by atoms with Crippen molar-refractivity contribution < 1.29 is 28.5 Å². The number of nitrogens with zero attached hydrogens (tertiary/aromatic N) is 1. The number of fused-ring (bicyclic) bond motifs is 3. The molecule has 0 radical (unpaired) electrons. The molecule has 0 atom stereocenters. The van der Waals surface area contributed by atoms with Crippen molar-refractivity contribution in [2.24, 2.45) is 0 Å². The van der Waals surface area contributed by atoms with Gasteiger partial charge in [-0.05, 0) is 30.3 Å². The molecule has 4 rings (SSSR count). The maximum absolute atomic E-state index is 12.9. The van der Waals surface area contributed by atoms with Gasteiger partial charge in [0.05, 0.1) is 32.0 Å². The fourth-order valence-electron chi connectivity index (χ4n) is 3.45. The quantitative estimate of drug-likeness (QED) is 0.694. The topological polar surface area (TPSA) is 66.5 Å². The minimum Gasteiger partial charge on any atom is -0.497 e. The highest BCUT2D eigenvalue weighted by Crippen LogP contribution is 2.42. The zero-order chi connectivity index (χ0) is 20.4. The zero-order valence-electron chi connectivity index (χ0n) is 16.7. The minimum absolute atomic E-state index is 0.158. The fourth-order valence-corrected chi connectivity index (χ4v) is 3.45. The van der Waals surface area contributed by atoms with Gasteiger partial charge in [-0.25, -0.2) is 0 Å². The van der Waals surface area contributed by atoms with Crippen LogP contribution in [0, 0.1) is 0 Å². The van der Waals surface area contributed by atoms with Crippen molar-refractivity contribution in [3.05, 3.63) is 52.8 Å². The normalized spacial score (nSPS) is 16.8. The molecule has 0 aliphatic carbocycles. The molecule has 0 saturated carbocycles. The highest BCUT2D eigenvalue weighted by Gasteiger charge is 2.33. The predicted octanol–water partition coefficient (Wildman–Crippen LogP) is 3.12. The maximum Gasteiger partial charge on any atom is 0.231 e. The molecule has 29 heavy (non-hydrogen) atoms. The lowest BCUT2D eigenvalue weighted by Gasteiger charge is -2.29. The Bertz CT molecular complexity index is 968. The molecule has 152 valence electrons. The lowest BCUT2D eigenvalue weighted by molar-refractivity contribution is 0.0646. The molecular weight excluding hydrogens is 374 g/mol. The summed E-state index contributed by atoms with van der Waals surface area (Å²) < 4.78 is 27.7. The first kappa shape index (κ1) is 19.3. The number of ketones is 1. The van der Waals surface area contributed by atoms with Crippen LogP contribution in [0.1, 0.15) is 21.5 Å². The first-order valence-electron chi connectivity index (χ1n) is 9.31. The van der Waals surface area contributed by atoms with Gasteiger partial charge in [0.1, 0.15) is 29.7 Å². The minimum atomic E-state index is -0.158. The van der Waals surface area contributed by atoms with Gasteiger partial charge in [0.2, 0.25) is 5.78 Å². The van der Waals surface area contributed by atoms with Crippen LogP contribution < -0.4 is 18.9 Å². The number of hydrogen-bond acceptors (Lipinski definition) is 7. The molecule has 2 aliphatic heterocycles. The average molecular weight is 397 g/mol. The monoisotopic (exact) mass is 397 g/mol. The third-order valence-electron chi connectivity index (χ3n) is 5.02. The molecule has 0 aromatic heterocycles.